The maximum Gasteiger partial charge on any atom is 0.239 e. The highest BCUT2D eigenvalue weighted by Crippen LogP contribution is 2.18. The number of carbonyl (C=O) groups excluding carboxylic acids is 2. The monoisotopic (exact) mass is 372 g/mol. The molecule has 27 heavy (non-hydrogen) atoms. The molecule has 0 spiro atoms. The Kier molecular flexibility index (Phi) is 6.50. The third-order valence-corrected chi connectivity index (χ3v) is 5.98. The summed E-state index contributed by atoms with van der Waals surface area (Å²) in [5.74, 6) is 0.284. The van der Waals surface area contributed by atoms with Gasteiger partial charge in [-0.05, 0) is 50.8 Å². The van der Waals surface area contributed by atoms with Crippen molar-refractivity contribution in [3.8, 4) is 0 Å². The van der Waals surface area contributed by atoms with Crippen molar-refractivity contribution in [2.24, 2.45) is 0 Å². The number of amides is 2. The van der Waals surface area contributed by atoms with E-state index in [1.54, 1.807) is 0 Å². The van der Waals surface area contributed by atoms with Gasteiger partial charge in [-0.1, -0.05) is 12.1 Å². The number of benzene rings is 1. The molecule has 2 aliphatic rings. The van der Waals surface area contributed by atoms with Crippen LogP contribution in [0.25, 0.3) is 0 Å². The Bertz CT molecular complexity index is 677. The second-order valence-corrected chi connectivity index (χ2v) is 7.82. The van der Waals surface area contributed by atoms with Gasteiger partial charge in [-0.2, -0.15) is 0 Å². The number of carbonyl (C=O) groups is 2. The summed E-state index contributed by atoms with van der Waals surface area (Å²) in [6, 6.07) is 5.91. The van der Waals surface area contributed by atoms with Gasteiger partial charge < -0.3 is 10.2 Å². The highest BCUT2D eigenvalue weighted by Gasteiger charge is 2.30. The molecule has 1 aromatic rings. The summed E-state index contributed by atoms with van der Waals surface area (Å²) in [5.41, 5.74) is 3.19. The zero-order chi connectivity index (χ0) is 19.4. The Hall–Kier alpha value is -1.92. The van der Waals surface area contributed by atoms with Crippen molar-refractivity contribution in [2.45, 2.75) is 39.7 Å². The molecule has 2 saturated heterocycles. The van der Waals surface area contributed by atoms with Crippen LogP contribution < -0.4 is 5.32 Å². The molecule has 0 unspecified atom stereocenters. The number of rotatable bonds is 5. The van der Waals surface area contributed by atoms with E-state index >= 15 is 0 Å². The lowest BCUT2D eigenvalue weighted by atomic mass is 10.1. The first-order valence-electron chi connectivity index (χ1n) is 10.1. The van der Waals surface area contributed by atoms with E-state index in [2.05, 4.69) is 28.1 Å². The van der Waals surface area contributed by atoms with Crippen LogP contribution in [0.15, 0.2) is 18.2 Å². The topological polar surface area (TPSA) is 55.9 Å². The number of aryl methyl sites for hydroxylation is 1. The zero-order valence-electron chi connectivity index (χ0n) is 16.8. The van der Waals surface area contributed by atoms with Crippen LogP contribution in [0, 0.1) is 13.8 Å². The van der Waals surface area contributed by atoms with Gasteiger partial charge in [0.1, 0.15) is 0 Å². The van der Waals surface area contributed by atoms with E-state index in [0.29, 0.717) is 6.54 Å². The predicted octanol–water partition coefficient (Wildman–Crippen LogP) is 1.87. The van der Waals surface area contributed by atoms with Crippen molar-refractivity contribution >= 4 is 17.5 Å². The number of anilines is 1. The fourth-order valence-electron chi connectivity index (χ4n) is 3.95. The lowest BCUT2D eigenvalue weighted by molar-refractivity contribution is -0.136. The number of likely N-dealkylation sites (tertiary alicyclic amines) is 1. The number of nitrogens with zero attached hydrogens (tertiary/aromatic N) is 3. The molecule has 6 heteroatoms. The minimum atomic E-state index is -0.0611. The van der Waals surface area contributed by atoms with Crippen molar-refractivity contribution in [3.63, 3.8) is 0 Å². The maximum absolute atomic E-state index is 12.6. The average molecular weight is 373 g/mol. The highest BCUT2D eigenvalue weighted by molar-refractivity contribution is 5.93. The Morgan fingerprint density at radius 1 is 1.04 bits per heavy atom. The van der Waals surface area contributed by atoms with Gasteiger partial charge in [0.25, 0.3) is 0 Å². The summed E-state index contributed by atoms with van der Waals surface area (Å²) in [5, 5.41) is 3.03. The molecule has 0 aromatic heterocycles. The number of hydrogen-bond acceptors (Lipinski definition) is 4. The number of piperazine rings is 1. The van der Waals surface area contributed by atoms with Crippen LogP contribution in [-0.4, -0.2) is 78.4 Å². The first-order valence-corrected chi connectivity index (χ1v) is 10.1. The van der Waals surface area contributed by atoms with Gasteiger partial charge >= 0.3 is 0 Å². The first kappa shape index (κ1) is 19.8. The molecule has 148 valence electrons. The Balaban J connectivity index is 1.45. The van der Waals surface area contributed by atoms with E-state index in [4.69, 9.17) is 0 Å². The van der Waals surface area contributed by atoms with E-state index in [0.717, 1.165) is 63.4 Å². The van der Waals surface area contributed by atoms with Crippen LogP contribution in [0.3, 0.4) is 0 Å². The van der Waals surface area contributed by atoms with Gasteiger partial charge in [-0.25, -0.2) is 0 Å². The summed E-state index contributed by atoms with van der Waals surface area (Å²) in [7, 11) is 0. The molecular formula is C21H32N4O2. The number of nitrogens with one attached hydrogen (secondary N) is 1. The van der Waals surface area contributed by atoms with Crippen molar-refractivity contribution in [1.82, 2.24) is 14.7 Å². The van der Waals surface area contributed by atoms with Gasteiger partial charge in [0.05, 0.1) is 12.6 Å². The van der Waals surface area contributed by atoms with Gasteiger partial charge in [0.2, 0.25) is 11.8 Å². The largest absolute Gasteiger partial charge is 0.341 e. The molecule has 1 aromatic carbocycles. The molecule has 0 bridgehead atoms. The lowest BCUT2D eigenvalue weighted by Crippen LogP contribution is -2.55. The van der Waals surface area contributed by atoms with Gasteiger partial charge in [0, 0.05) is 45.0 Å². The lowest BCUT2D eigenvalue weighted by Gasteiger charge is -2.38. The molecule has 0 radical (unpaired) electrons. The summed E-state index contributed by atoms with van der Waals surface area (Å²) >= 11 is 0. The van der Waals surface area contributed by atoms with Crippen molar-refractivity contribution in [1.29, 1.82) is 0 Å². The van der Waals surface area contributed by atoms with Crippen LogP contribution in [0.2, 0.25) is 0 Å². The van der Waals surface area contributed by atoms with Crippen molar-refractivity contribution < 1.29 is 9.59 Å². The normalized spacial score (nSPS) is 19.9. The van der Waals surface area contributed by atoms with E-state index < -0.39 is 0 Å². The van der Waals surface area contributed by atoms with E-state index in [-0.39, 0.29) is 17.9 Å². The second-order valence-electron chi connectivity index (χ2n) is 7.82. The third kappa shape index (κ3) is 4.87. The number of hydrogen-bond donors (Lipinski definition) is 1. The first-order chi connectivity index (χ1) is 13.0. The van der Waals surface area contributed by atoms with Gasteiger partial charge in [-0.15, -0.1) is 0 Å². The fraction of sp³-hybridized carbons (Fsp3) is 0.619. The van der Waals surface area contributed by atoms with Crippen LogP contribution in [-0.2, 0) is 9.59 Å². The Labute approximate surface area is 162 Å². The van der Waals surface area contributed by atoms with Crippen molar-refractivity contribution in [2.75, 3.05) is 51.1 Å². The van der Waals surface area contributed by atoms with Crippen molar-refractivity contribution in [3.05, 3.63) is 29.3 Å². The van der Waals surface area contributed by atoms with Crippen LogP contribution >= 0.6 is 0 Å². The summed E-state index contributed by atoms with van der Waals surface area (Å²) in [6.45, 7) is 11.6. The van der Waals surface area contributed by atoms with E-state index in [1.165, 1.54) is 5.56 Å². The molecule has 1 atom stereocenters. The highest BCUT2D eigenvalue weighted by atomic mass is 16.2. The quantitative estimate of drug-likeness (QED) is 0.857. The molecule has 2 fully saturated rings. The van der Waals surface area contributed by atoms with E-state index in [1.807, 2.05) is 30.9 Å². The molecule has 0 aliphatic carbocycles. The van der Waals surface area contributed by atoms with Gasteiger partial charge in [-0.3, -0.25) is 19.4 Å². The Morgan fingerprint density at radius 3 is 2.37 bits per heavy atom. The average Bonchev–Trinajstić information content (AvgIpc) is 3.19. The molecule has 0 saturated carbocycles. The SMILES string of the molecule is Cc1cccc(NC(=O)CN2CCN([C@H](C)C(=O)N3CCCC3)CC2)c1C. The molecular weight excluding hydrogens is 340 g/mol. The smallest absolute Gasteiger partial charge is 0.239 e. The van der Waals surface area contributed by atoms with Gasteiger partial charge in [0.15, 0.2) is 0 Å². The summed E-state index contributed by atoms with van der Waals surface area (Å²) < 4.78 is 0. The third-order valence-electron chi connectivity index (χ3n) is 5.98. The minimum absolute atomic E-state index is 0.0262. The van der Waals surface area contributed by atoms with Crippen LogP contribution in [0.4, 0.5) is 5.69 Å². The molecule has 3 rings (SSSR count). The predicted molar refractivity (Wildman–Crippen MR) is 108 cm³/mol. The summed E-state index contributed by atoms with van der Waals surface area (Å²) in [6.07, 6.45) is 2.25. The Morgan fingerprint density at radius 2 is 1.70 bits per heavy atom. The van der Waals surface area contributed by atoms with E-state index in [9.17, 15) is 9.59 Å². The zero-order valence-corrected chi connectivity index (χ0v) is 16.8. The van der Waals surface area contributed by atoms with Crippen LogP contribution in [0.5, 0.6) is 0 Å². The summed E-state index contributed by atoms with van der Waals surface area (Å²) in [4.78, 5) is 31.4. The minimum Gasteiger partial charge on any atom is -0.341 e. The molecule has 2 amide bonds. The molecule has 2 heterocycles. The molecule has 6 nitrogen and oxygen atoms in total. The second kappa shape index (κ2) is 8.85. The molecule has 2 aliphatic heterocycles. The molecule has 1 N–H and O–H groups in total. The van der Waals surface area contributed by atoms with Crippen LogP contribution in [0.1, 0.15) is 30.9 Å². The maximum atomic E-state index is 12.6. The standard InChI is InChI=1S/C21H32N4O2/c1-16-7-6-8-19(17(16)2)22-20(26)15-23-11-13-24(14-12-23)18(3)21(27)25-9-4-5-10-25/h6-8,18H,4-5,9-15H2,1-3H3,(H,22,26)/t18-/m1/s1. The fourth-order valence-corrected chi connectivity index (χ4v) is 3.95.